The standard InChI is InChI=1S/C30H35Cl2N3O/c31-27-11-7-22(19-28(27)32)8-12-30(36)34-24-9-5-21(6-10-24)13-16-35-17-14-23(15-18-35)26-20-33-29-4-2-1-3-25(26)29/h1-4,7-8,11-12,19-21,23-24,33H,5-6,9-10,13-18H2,(H,34,36)/b12-8+. The van der Waals surface area contributed by atoms with E-state index in [9.17, 15) is 4.79 Å². The number of carbonyl (C=O) groups is 1. The van der Waals surface area contributed by atoms with Crippen LogP contribution in [0.4, 0.5) is 0 Å². The smallest absolute Gasteiger partial charge is 0.244 e. The summed E-state index contributed by atoms with van der Waals surface area (Å²) in [6, 6.07) is 14.3. The number of benzene rings is 2. The Morgan fingerprint density at radius 1 is 1.00 bits per heavy atom. The van der Waals surface area contributed by atoms with Crippen molar-refractivity contribution in [2.45, 2.75) is 56.9 Å². The van der Waals surface area contributed by atoms with Gasteiger partial charge in [0.25, 0.3) is 0 Å². The Morgan fingerprint density at radius 3 is 2.56 bits per heavy atom. The summed E-state index contributed by atoms with van der Waals surface area (Å²) in [5, 5.41) is 5.58. The van der Waals surface area contributed by atoms with Crippen LogP contribution in [-0.4, -0.2) is 41.5 Å². The number of rotatable bonds is 7. The third kappa shape index (κ3) is 6.34. The molecule has 0 unspecified atom stereocenters. The van der Waals surface area contributed by atoms with E-state index in [2.05, 4.69) is 45.7 Å². The quantitative estimate of drug-likeness (QED) is 0.316. The van der Waals surface area contributed by atoms with Crippen LogP contribution in [0.2, 0.25) is 10.0 Å². The maximum atomic E-state index is 12.4. The number of para-hydroxylation sites is 1. The second kappa shape index (κ2) is 11.9. The highest BCUT2D eigenvalue weighted by Crippen LogP contribution is 2.34. The molecule has 0 atom stereocenters. The SMILES string of the molecule is O=C(/C=C/c1ccc(Cl)c(Cl)c1)NC1CCC(CCN2CCC(c3c[nH]c4ccccc34)CC2)CC1. The van der Waals surface area contributed by atoms with Crippen molar-refractivity contribution in [2.24, 2.45) is 5.92 Å². The number of H-pyrrole nitrogens is 1. The van der Waals surface area contributed by atoms with Crippen LogP contribution in [0.15, 0.2) is 54.7 Å². The molecule has 1 aliphatic carbocycles. The second-order valence-corrected chi connectivity index (χ2v) is 11.2. The molecule has 1 amide bonds. The van der Waals surface area contributed by atoms with Crippen LogP contribution in [0.3, 0.4) is 0 Å². The Balaban J connectivity index is 1.00. The van der Waals surface area contributed by atoms with Crippen LogP contribution in [0.5, 0.6) is 0 Å². The van der Waals surface area contributed by atoms with Gasteiger partial charge in [-0.1, -0.05) is 47.5 Å². The zero-order chi connectivity index (χ0) is 24.9. The van der Waals surface area contributed by atoms with E-state index >= 15 is 0 Å². The summed E-state index contributed by atoms with van der Waals surface area (Å²) >= 11 is 12.0. The Labute approximate surface area is 224 Å². The van der Waals surface area contributed by atoms with E-state index in [1.165, 1.54) is 68.2 Å². The summed E-state index contributed by atoms with van der Waals surface area (Å²) < 4.78 is 0. The van der Waals surface area contributed by atoms with Gasteiger partial charge in [-0.3, -0.25) is 4.79 Å². The molecule has 2 aliphatic rings. The van der Waals surface area contributed by atoms with E-state index in [1.54, 1.807) is 24.3 Å². The van der Waals surface area contributed by atoms with Gasteiger partial charge in [0.2, 0.25) is 5.91 Å². The molecule has 2 heterocycles. The highest BCUT2D eigenvalue weighted by molar-refractivity contribution is 6.42. The van der Waals surface area contributed by atoms with E-state index in [1.807, 2.05) is 6.07 Å². The van der Waals surface area contributed by atoms with Crippen LogP contribution in [-0.2, 0) is 4.79 Å². The summed E-state index contributed by atoms with van der Waals surface area (Å²) in [6.45, 7) is 3.59. The number of nitrogens with one attached hydrogen (secondary N) is 2. The molecule has 3 aromatic rings. The van der Waals surface area contributed by atoms with E-state index < -0.39 is 0 Å². The largest absolute Gasteiger partial charge is 0.361 e. The van der Waals surface area contributed by atoms with Gasteiger partial charge < -0.3 is 15.2 Å². The molecule has 0 radical (unpaired) electrons. The number of hydrogen-bond donors (Lipinski definition) is 2. The first kappa shape index (κ1) is 25.4. The average molecular weight is 525 g/mol. The van der Waals surface area contributed by atoms with Crippen LogP contribution >= 0.6 is 23.2 Å². The molecule has 2 fully saturated rings. The fourth-order valence-corrected chi connectivity index (χ4v) is 6.20. The van der Waals surface area contributed by atoms with Crippen LogP contribution in [0.1, 0.15) is 62.0 Å². The Hall–Kier alpha value is -2.27. The lowest BCUT2D eigenvalue weighted by Gasteiger charge is -2.34. The normalized spacial score (nSPS) is 21.8. The number of carbonyl (C=O) groups excluding carboxylic acids is 1. The lowest BCUT2D eigenvalue weighted by atomic mass is 9.83. The molecule has 2 aromatic carbocycles. The lowest BCUT2D eigenvalue weighted by Crippen LogP contribution is -2.38. The van der Waals surface area contributed by atoms with Gasteiger partial charge in [0.1, 0.15) is 0 Å². The first-order valence-corrected chi connectivity index (χ1v) is 14.0. The molecule has 2 N–H and O–H groups in total. The number of aromatic amines is 1. The minimum Gasteiger partial charge on any atom is -0.361 e. The van der Waals surface area contributed by atoms with Gasteiger partial charge in [-0.25, -0.2) is 0 Å². The van der Waals surface area contributed by atoms with Crippen LogP contribution in [0.25, 0.3) is 17.0 Å². The van der Waals surface area contributed by atoms with Crippen molar-refractivity contribution in [1.29, 1.82) is 0 Å². The molecule has 4 nitrogen and oxygen atoms in total. The van der Waals surface area contributed by atoms with Crippen molar-refractivity contribution in [3.8, 4) is 0 Å². The maximum Gasteiger partial charge on any atom is 0.244 e. The molecule has 5 rings (SSSR count). The van der Waals surface area contributed by atoms with Crippen LogP contribution < -0.4 is 5.32 Å². The molecule has 1 saturated carbocycles. The maximum absolute atomic E-state index is 12.4. The number of amides is 1. The van der Waals surface area contributed by atoms with Crippen molar-refractivity contribution in [1.82, 2.24) is 15.2 Å². The van der Waals surface area contributed by atoms with Gasteiger partial charge in [-0.05, 0) is 112 Å². The van der Waals surface area contributed by atoms with Crippen molar-refractivity contribution >= 4 is 46.1 Å². The summed E-state index contributed by atoms with van der Waals surface area (Å²) in [5.74, 6) is 1.40. The van der Waals surface area contributed by atoms with E-state index in [-0.39, 0.29) is 11.9 Å². The Morgan fingerprint density at radius 2 is 1.78 bits per heavy atom. The minimum absolute atomic E-state index is 0.0393. The van der Waals surface area contributed by atoms with Crippen molar-refractivity contribution in [3.63, 3.8) is 0 Å². The van der Waals surface area contributed by atoms with E-state index in [4.69, 9.17) is 23.2 Å². The van der Waals surface area contributed by atoms with Gasteiger partial charge in [0.05, 0.1) is 10.0 Å². The third-order valence-electron chi connectivity index (χ3n) is 8.07. The number of nitrogens with zero attached hydrogens (tertiary/aromatic N) is 1. The molecule has 1 saturated heterocycles. The van der Waals surface area contributed by atoms with E-state index in [0.29, 0.717) is 16.0 Å². The molecule has 0 spiro atoms. The predicted octanol–water partition coefficient (Wildman–Crippen LogP) is 7.43. The van der Waals surface area contributed by atoms with Crippen LogP contribution in [0, 0.1) is 5.92 Å². The fourth-order valence-electron chi connectivity index (χ4n) is 5.90. The predicted molar refractivity (Wildman–Crippen MR) is 151 cm³/mol. The molecule has 0 bridgehead atoms. The zero-order valence-electron chi connectivity index (χ0n) is 20.7. The number of likely N-dealkylation sites (tertiary alicyclic amines) is 1. The monoisotopic (exact) mass is 523 g/mol. The van der Waals surface area contributed by atoms with Crippen molar-refractivity contribution in [2.75, 3.05) is 19.6 Å². The number of piperidine rings is 1. The van der Waals surface area contributed by atoms with Gasteiger partial charge >= 0.3 is 0 Å². The second-order valence-electron chi connectivity index (χ2n) is 10.4. The molecule has 1 aromatic heterocycles. The highest BCUT2D eigenvalue weighted by Gasteiger charge is 2.25. The summed E-state index contributed by atoms with van der Waals surface area (Å²) in [4.78, 5) is 18.5. The molecule has 1 aliphatic heterocycles. The topological polar surface area (TPSA) is 48.1 Å². The first-order chi connectivity index (χ1) is 17.5. The molecule has 190 valence electrons. The fraction of sp³-hybridized carbons (Fsp3) is 0.433. The summed E-state index contributed by atoms with van der Waals surface area (Å²) in [6.07, 6.45) is 13.9. The van der Waals surface area contributed by atoms with Crippen molar-refractivity contribution < 1.29 is 4.79 Å². The Kier molecular flexibility index (Phi) is 8.36. The lowest BCUT2D eigenvalue weighted by molar-refractivity contribution is -0.117. The number of aromatic nitrogens is 1. The van der Waals surface area contributed by atoms with Crippen molar-refractivity contribution in [3.05, 3.63) is 75.9 Å². The van der Waals surface area contributed by atoms with Gasteiger partial charge in [0, 0.05) is 29.2 Å². The van der Waals surface area contributed by atoms with Gasteiger partial charge in [-0.2, -0.15) is 0 Å². The van der Waals surface area contributed by atoms with Gasteiger partial charge in [-0.15, -0.1) is 0 Å². The molecule has 6 heteroatoms. The highest BCUT2D eigenvalue weighted by atomic mass is 35.5. The number of halogens is 2. The average Bonchev–Trinajstić information content (AvgIpc) is 3.33. The summed E-state index contributed by atoms with van der Waals surface area (Å²) in [5.41, 5.74) is 3.62. The summed E-state index contributed by atoms with van der Waals surface area (Å²) in [7, 11) is 0. The first-order valence-electron chi connectivity index (χ1n) is 13.3. The van der Waals surface area contributed by atoms with E-state index in [0.717, 1.165) is 24.3 Å². The third-order valence-corrected chi connectivity index (χ3v) is 8.81. The molecular weight excluding hydrogens is 489 g/mol. The minimum atomic E-state index is -0.0393. The number of fused-ring (bicyclic) bond motifs is 1. The van der Waals surface area contributed by atoms with Gasteiger partial charge in [0.15, 0.2) is 0 Å². The molecule has 36 heavy (non-hydrogen) atoms. The number of hydrogen-bond acceptors (Lipinski definition) is 2. The zero-order valence-corrected chi connectivity index (χ0v) is 22.2. The Bertz CT molecular complexity index is 1200. The molecular formula is C30H35Cl2N3O.